The summed E-state index contributed by atoms with van der Waals surface area (Å²) in [6.07, 6.45) is 4.67. The van der Waals surface area contributed by atoms with E-state index in [9.17, 15) is 4.79 Å². The van der Waals surface area contributed by atoms with Crippen LogP contribution in [0.15, 0.2) is 50.4 Å². The van der Waals surface area contributed by atoms with Crippen molar-refractivity contribution >= 4 is 34.0 Å². The van der Waals surface area contributed by atoms with Crippen molar-refractivity contribution in [3.8, 4) is 0 Å². The predicted octanol–water partition coefficient (Wildman–Crippen LogP) is 3.76. The molecule has 0 saturated carbocycles. The summed E-state index contributed by atoms with van der Waals surface area (Å²) in [5.41, 5.74) is 0.683. The first-order chi connectivity index (χ1) is 15.1. The number of rotatable bonds is 6. The van der Waals surface area contributed by atoms with E-state index >= 15 is 0 Å². The lowest BCUT2D eigenvalue weighted by Gasteiger charge is -2.35. The van der Waals surface area contributed by atoms with Gasteiger partial charge >= 0.3 is 0 Å². The molecule has 2 atom stereocenters. The molecule has 5 rings (SSSR count). The van der Waals surface area contributed by atoms with Gasteiger partial charge in [0, 0.05) is 36.5 Å². The van der Waals surface area contributed by atoms with Crippen LogP contribution >= 0.6 is 23.1 Å². The molecule has 31 heavy (non-hydrogen) atoms. The predicted molar refractivity (Wildman–Crippen MR) is 122 cm³/mol. The molecule has 0 spiro atoms. The Morgan fingerprint density at radius 2 is 2.10 bits per heavy atom. The molecular formula is C21H24N6O2S2. The molecule has 1 saturated heterocycles. The van der Waals surface area contributed by atoms with E-state index in [2.05, 4.69) is 38.5 Å². The van der Waals surface area contributed by atoms with E-state index in [1.807, 2.05) is 17.5 Å². The smallest absolute Gasteiger partial charge is 0.258 e. The summed E-state index contributed by atoms with van der Waals surface area (Å²) in [6.45, 7) is 7.08. The van der Waals surface area contributed by atoms with E-state index in [-0.39, 0.29) is 5.56 Å². The molecule has 8 nitrogen and oxygen atoms in total. The molecule has 0 radical (unpaired) electrons. The summed E-state index contributed by atoms with van der Waals surface area (Å²) in [4.78, 5) is 19.9. The molecular weight excluding hydrogens is 432 g/mol. The standard InChI is InChI=1S/C21H24N6O2S2/c1-14-8-15(2)11-25(10-14)19-23-24-21(27(19)12-17-4-3-6-29-17)31-13-16-9-18(28)26-5-7-30-20(26)22-16/h3-7,9,14-15H,8,10-13H2,1-2H3. The van der Waals surface area contributed by atoms with Gasteiger partial charge in [0.15, 0.2) is 10.1 Å². The minimum atomic E-state index is -0.0594. The van der Waals surface area contributed by atoms with Gasteiger partial charge in [-0.3, -0.25) is 13.8 Å². The molecule has 0 aliphatic carbocycles. The number of thioether (sulfide) groups is 1. The first kappa shape index (κ1) is 20.3. The summed E-state index contributed by atoms with van der Waals surface area (Å²) in [5, 5.41) is 11.7. The van der Waals surface area contributed by atoms with E-state index in [0.29, 0.717) is 29.1 Å². The average molecular weight is 457 g/mol. The van der Waals surface area contributed by atoms with Crippen LogP contribution in [0.4, 0.5) is 5.95 Å². The fourth-order valence-electron chi connectivity index (χ4n) is 4.24. The number of anilines is 1. The molecule has 0 N–H and O–H groups in total. The summed E-state index contributed by atoms with van der Waals surface area (Å²) in [5.74, 6) is 3.51. The van der Waals surface area contributed by atoms with Gasteiger partial charge in [-0.25, -0.2) is 4.98 Å². The number of hydrogen-bond acceptors (Lipinski definition) is 8. The Bertz CT molecular complexity index is 1220. The quantitative estimate of drug-likeness (QED) is 0.409. The second kappa shape index (κ2) is 8.51. The molecule has 2 unspecified atom stereocenters. The Hall–Kier alpha value is -2.59. The fraction of sp³-hybridized carbons (Fsp3) is 0.429. The fourth-order valence-corrected chi connectivity index (χ4v) is 5.81. The van der Waals surface area contributed by atoms with Crippen molar-refractivity contribution in [2.75, 3.05) is 18.0 Å². The SMILES string of the molecule is CC1CC(C)CN(c2nnc(SCc3cc(=O)n4ccsc4n3)n2Cc2ccco2)C1. The zero-order chi connectivity index (χ0) is 21.4. The van der Waals surface area contributed by atoms with Gasteiger partial charge in [-0.1, -0.05) is 25.6 Å². The summed E-state index contributed by atoms with van der Waals surface area (Å²) >= 11 is 3.00. The highest BCUT2D eigenvalue weighted by Crippen LogP contribution is 2.30. The second-order valence-corrected chi connectivity index (χ2v) is 10.0. The summed E-state index contributed by atoms with van der Waals surface area (Å²) in [7, 11) is 0. The van der Waals surface area contributed by atoms with E-state index in [4.69, 9.17) is 4.42 Å². The summed E-state index contributed by atoms with van der Waals surface area (Å²) in [6, 6.07) is 5.45. The highest BCUT2D eigenvalue weighted by atomic mass is 32.2. The minimum Gasteiger partial charge on any atom is -0.467 e. The Morgan fingerprint density at radius 1 is 1.26 bits per heavy atom. The van der Waals surface area contributed by atoms with Crippen LogP contribution in [0, 0.1) is 11.8 Å². The Kier molecular flexibility index (Phi) is 5.58. The second-order valence-electron chi connectivity index (χ2n) is 8.23. The lowest BCUT2D eigenvalue weighted by atomic mass is 9.92. The maximum atomic E-state index is 12.3. The molecule has 1 aliphatic rings. The maximum absolute atomic E-state index is 12.3. The third kappa shape index (κ3) is 4.27. The van der Waals surface area contributed by atoms with Crippen molar-refractivity contribution in [1.82, 2.24) is 24.1 Å². The average Bonchev–Trinajstić information content (AvgIpc) is 3.47. The first-order valence-electron chi connectivity index (χ1n) is 10.4. The van der Waals surface area contributed by atoms with Gasteiger partial charge in [-0.2, -0.15) is 0 Å². The molecule has 1 aliphatic heterocycles. The Labute approximate surface area is 187 Å². The van der Waals surface area contributed by atoms with Gasteiger partial charge in [0.2, 0.25) is 5.95 Å². The molecule has 1 fully saturated rings. The Morgan fingerprint density at radius 3 is 2.87 bits per heavy atom. The molecule has 10 heteroatoms. The van der Waals surface area contributed by atoms with E-state index in [0.717, 1.165) is 35.6 Å². The number of piperidine rings is 1. The van der Waals surface area contributed by atoms with Crippen LogP contribution < -0.4 is 10.5 Å². The molecule has 5 heterocycles. The zero-order valence-corrected chi connectivity index (χ0v) is 19.1. The largest absolute Gasteiger partial charge is 0.467 e. The van der Waals surface area contributed by atoms with Crippen molar-refractivity contribution in [2.24, 2.45) is 11.8 Å². The van der Waals surface area contributed by atoms with Crippen LogP contribution in [0.25, 0.3) is 4.96 Å². The monoisotopic (exact) mass is 456 g/mol. The van der Waals surface area contributed by atoms with Crippen LogP contribution in [0.2, 0.25) is 0 Å². The van der Waals surface area contributed by atoms with Gasteiger partial charge in [0.1, 0.15) is 5.76 Å². The number of thiazole rings is 1. The zero-order valence-electron chi connectivity index (χ0n) is 17.5. The van der Waals surface area contributed by atoms with E-state index < -0.39 is 0 Å². The number of nitrogens with zero attached hydrogens (tertiary/aromatic N) is 6. The van der Waals surface area contributed by atoms with Crippen molar-refractivity contribution in [3.05, 3.63) is 57.8 Å². The molecule has 162 valence electrons. The third-order valence-corrected chi connectivity index (χ3v) is 7.21. The van der Waals surface area contributed by atoms with Crippen molar-refractivity contribution in [1.29, 1.82) is 0 Å². The normalized spacial score (nSPS) is 19.4. The third-order valence-electron chi connectivity index (χ3n) is 5.45. The number of fused-ring (bicyclic) bond motifs is 1. The van der Waals surface area contributed by atoms with Crippen LogP contribution in [-0.4, -0.2) is 37.2 Å². The van der Waals surface area contributed by atoms with E-state index in [1.165, 1.54) is 17.8 Å². The molecule has 4 aromatic rings. The lowest BCUT2D eigenvalue weighted by molar-refractivity contribution is 0.350. The lowest BCUT2D eigenvalue weighted by Crippen LogP contribution is -2.40. The number of aromatic nitrogens is 5. The van der Waals surface area contributed by atoms with Crippen molar-refractivity contribution in [3.63, 3.8) is 0 Å². The molecule has 0 bridgehead atoms. The first-order valence-corrected chi connectivity index (χ1v) is 12.2. The van der Waals surface area contributed by atoms with Gasteiger partial charge in [0.05, 0.1) is 18.5 Å². The van der Waals surface area contributed by atoms with Crippen LogP contribution in [0.1, 0.15) is 31.7 Å². The highest BCUT2D eigenvalue weighted by molar-refractivity contribution is 7.98. The van der Waals surface area contributed by atoms with E-state index in [1.54, 1.807) is 34.7 Å². The van der Waals surface area contributed by atoms with Crippen molar-refractivity contribution < 1.29 is 4.42 Å². The van der Waals surface area contributed by atoms with Gasteiger partial charge < -0.3 is 9.32 Å². The number of hydrogen-bond donors (Lipinski definition) is 0. The molecule has 4 aromatic heterocycles. The topological polar surface area (TPSA) is 81.5 Å². The van der Waals surface area contributed by atoms with Crippen LogP contribution in [0.3, 0.4) is 0 Å². The van der Waals surface area contributed by atoms with Gasteiger partial charge in [0.25, 0.3) is 5.56 Å². The Balaban J connectivity index is 1.43. The minimum absolute atomic E-state index is 0.0594. The number of furan rings is 1. The molecule has 0 aromatic carbocycles. The molecule has 0 amide bonds. The maximum Gasteiger partial charge on any atom is 0.258 e. The van der Waals surface area contributed by atoms with Gasteiger partial charge in [-0.15, -0.1) is 21.5 Å². The van der Waals surface area contributed by atoms with Gasteiger partial charge in [-0.05, 0) is 30.4 Å². The van der Waals surface area contributed by atoms with Crippen molar-refractivity contribution in [2.45, 2.75) is 37.7 Å². The summed E-state index contributed by atoms with van der Waals surface area (Å²) < 4.78 is 9.29. The highest BCUT2D eigenvalue weighted by Gasteiger charge is 2.27. The van der Waals surface area contributed by atoms with Crippen LogP contribution in [0.5, 0.6) is 0 Å². The van der Waals surface area contributed by atoms with Crippen LogP contribution in [-0.2, 0) is 12.3 Å².